The second kappa shape index (κ2) is 11.1. The van der Waals surface area contributed by atoms with Gasteiger partial charge in [0.05, 0.1) is 22.9 Å². The van der Waals surface area contributed by atoms with Crippen LogP contribution in [0.5, 0.6) is 6.01 Å². The maximum atomic E-state index is 13.0. The van der Waals surface area contributed by atoms with Gasteiger partial charge in [0.15, 0.2) is 5.78 Å². The van der Waals surface area contributed by atoms with Gasteiger partial charge in [-0.3, -0.25) is 4.79 Å². The third kappa shape index (κ3) is 5.77. The summed E-state index contributed by atoms with van der Waals surface area (Å²) >= 11 is 7.84. The van der Waals surface area contributed by atoms with Crippen molar-refractivity contribution in [3.63, 3.8) is 0 Å². The molecule has 0 aliphatic heterocycles. The van der Waals surface area contributed by atoms with E-state index >= 15 is 0 Å². The zero-order valence-electron chi connectivity index (χ0n) is 23.3. The lowest BCUT2D eigenvalue weighted by molar-refractivity contribution is -0.138. The van der Waals surface area contributed by atoms with Gasteiger partial charge in [-0.05, 0) is 69.5 Å². The summed E-state index contributed by atoms with van der Waals surface area (Å²) in [6, 6.07) is 18.3. The summed E-state index contributed by atoms with van der Waals surface area (Å²) < 4.78 is 12.4. The molecule has 0 N–H and O–H groups in total. The van der Waals surface area contributed by atoms with Gasteiger partial charge in [-0.2, -0.15) is 0 Å². The van der Waals surface area contributed by atoms with Crippen LogP contribution in [-0.4, -0.2) is 33.4 Å². The van der Waals surface area contributed by atoms with Crippen LogP contribution in [0, 0.1) is 6.92 Å². The first-order valence-electron chi connectivity index (χ1n) is 12.9. The van der Waals surface area contributed by atoms with E-state index in [1.807, 2.05) is 76.2 Å². The van der Waals surface area contributed by atoms with Crippen molar-refractivity contribution in [3.05, 3.63) is 83.1 Å². The molecule has 0 aliphatic carbocycles. The van der Waals surface area contributed by atoms with E-state index < -0.39 is 11.7 Å². The van der Waals surface area contributed by atoms with E-state index in [0.29, 0.717) is 11.0 Å². The molecule has 0 bridgehead atoms. The van der Waals surface area contributed by atoms with Crippen LogP contribution in [0.2, 0.25) is 5.02 Å². The first kappa shape index (κ1) is 27.9. The lowest BCUT2D eigenvalue weighted by Crippen LogP contribution is -2.27. The Labute approximate surface area is 243 Å². The standard InChI is InChI=1S/C32H30ClN3O3S/c1-18-15-25-29(27(21-11-13-24(33)14-12-21)26(18)28(19(2)37)39-32(3,4)5)40-30(36-25)22-9-7-20(8-10-22)23-16-34-31(38-6)35-17-23/h7-17,28H,1-6H3/t28-/m1/s1. The zero-order chi connectivity index (χ0) is 28.6. The summed E-state index contributed by atoms with van der Waals surface area (Å²) in [7, 11) is 1.54. The Morgan fingerprint density at radius 3 is 2.10 bits per heavy atom. The number of carbonyl (C=O) groups excluding carboxylic acids is 1. The molecule has 0 unspecified atom stereocenters. The number of halogens is 1. The minimum Gasteiger partial charge on any atom is -0.467 e. The van der Waals surface area contributed by atoms with Crippen LogP contribution in [0.15, 0.2) is 67.0 Å². The fourth-order valence-corrected chi connectivity index (χ4v) is 5.91. The largest absolute Gasteiger partial charge is 0.467 e. The number of carbonyl (C=O) groups is 1. The Hall–Kier alpha value is -3.65. The average molecular weight is 572 g/mol. The van der Waals surface area contributed by atoms with Crippen LogP contribution >= 0.6 is 22.9 Å². The van der Waals surface area contributed by atoms with Gasteiger partial charge in [0.2, 0.25) is 0 Å². The van der Waals surface area contributed by atoms with Crippen LogP contribution in [0.3, 0.4) is 0 Å². The first-order valence-corrected chi connectivity index (χ1v) is 14.1. The highest BCUT2D eigenvalue weighted by Crippen LogP contribution is 2.44. The molecule has 8 heteroatoms. The molecule has 40 heavy (non-hydrogen) atoms. The molecule has 5 aromatic rings. The number of aromatic nitrogens is 3. The van der Waals surface area contributed by atoms with Gasteiger partial charge in [0, 0.05) is 39.7 Å². The molecule has 0 aliphatic rings. The number of hydrogen-bond donors (Lipinski definition) is 0. The lowest BCUT2D eigenvalue weighted by Gasteiger charge is -2.29. The molecule has 204 valence electrons. The summed E-state index contributed by atoms with van der Waals surface area (Å²) in [5.41, 5.74) is 6.98. The summed E-state index contributed by atoms with van der Waals surface area (Å²) in [6.45, 7) is 9.49. The number of aryl methyl sites for hydroxylation is 1. The number of rotatable bonds is 7. The summed E-state index contributed by atoms with van der Waals surface area (Å²) in [5, 5.41) is 1.53. The van der Waals surface area contributed by atoms with Crippen LogP contribution in [-0.2, 0) is 9.53 Å². The molecule has 0 saturated carbocycles. The molecule has 0 amide bonds. The van der Waals surface area contributed by atoms with E-state index in [0.717, 1.165) is 54.2 Å². The van der Waals surface area contributed by atoms with Crippen molar-refractivity contribution in [1.82, 2.24) is 15.0 Å². The van der Waals surface area contributed by atoms with Crippen molar-refractivity contribution < 1.29 is 14.3 Å². The Morgan fingerprint density at radius 1 is 0.925 bits per heavy atom. The van der Waals surface area contributed by atoms with Gasteiger partial charge >= 0.3 is 6.01 Å². The number of Topliss-reactive ketones (excluding diaryl/α,β-unsaturated/α-hetero) is 1. The molecule has 0 fully saturated rings. The highest BCUT2D eigenvalue weighted by molar-refractivity contribution is 7.22. The number of ether oxygens (including phenoxy) is 2. The van der Waals surface area contributed by atoms with Crippen molar-refractivity contribution in [1.29, 1.82) is 0 Å². The molecule has 5 rings (SSSR count). The maximum Gasteiger partial charge on any atom is 0.316 e. The van der Waals surface area contributed by atoms with Crippen molar-refractivity contribution in [2.45, 2.75) is 46.3 Å². The van der Waals surface area contributed by atoms with Gasteiger partial charge in [0.25, 0.3) is 0 Å². The highest BCUT2D eigenvalue weighted by atomic mass is 35.5. The highest BCUT2D eigenvalue weighted by Gasteiger charge is 2.30. The number of fused-ring (bicyclic) bond motifs is 1. The summed E-state index contributed by atoms with van der Waals surface area (Å²) in [5.74, 6) is -0.0459. The smallest absolute Gasteiger partial charge is 0.316 e. The van der Waals surface area contributed by atoms with Crippen LogP contribution in [0.1, 0.15) is 44.9 Å². The molecule has 2 aromatic heterocycles. The Morgan fingerprint density at radius 2 is 1.52 bits per heavy atom. The Balaban J connectivity index is 1.65. The van der Waals surface area contributed by atoms with E-state index in [9.17, 15) is 4.79 Å². The van der Waals surface area contributed by atoms with Crippen molar-refractivity contribution in [3.8, 4) is 38.8 Å². The molecule has 0 spiro atoms. The predicted molar refractivity (Wildman–Crippen MR) is 162 cm³/mol. The maximum absolute atomic E-state index is 13.0. The molecule has 0 radical (unpaired) electrons. The number of methoxy groups -OCH3 is 1. The minimum atomic E-state index is -0.716. The molecular weight excluding hydrogens is 542 g/mol. The molecular formula is C32H30ClN3O3S. The minimum absolute atomic E-state index is 0.0459. The zero-order valence-corrected chi connectivity index (χ0v) is 24.9. The predicted octanol–water partition coefficient (Wildman–Crippen LogP) is 8.50. The van der Waals surface area contributed by atoms with E-state index in [1.54, 1.807) is 37.8 Å². The van der Waals surface area contributed by atoms with Gasteiger partial charge in [0.1, 0.15) is 11.1 Å². The van der Waals surface area contributed by atoms with E-state index in [4.69, 9.17) is 26.1 Å². The monoisotopic (exact) mass is 571 g/mol. The number of hydrogen-bond acceptors (Lipinski definition) is 7. The molecule has 2 heterocycles. The molecule has 0 saturated heterocycles. The lowest BCUT2D eigenvalue weighted by atomic mass is 9.90. The fourth-order valence-electron chi connectivity index (χ4n) is 4.65. The SMILES string of the molecule is COc1ncc(-c2ccc(-c3nc4cc(C)c([C@H](OC(C)(C)C)C(C)=O)c(-c5ccc(Cl)cc5)c4s3)cc2)cn1. The quantitative estimate of drug-likeness (QED) is 0.195. The topological polar surface area (TPSA) is 74.2 Å². The Kier molecular flexibility index (Phi) is 7.73. The van der Waals surface area contributed by atoms with Gasteiger partial charge in [-0.1, -0.05) is 48.0 Å². The second-order valence-corrected chi connectivity index (χ2v) is 12.0. The second-order valence-electron chi connectivity index (χ2n) is 10.6. The average Bonchev–Trinajstić information content (AvgIpc) is 3.35. The number of ketones is 1. The van der Waals surface area contributed by atoms with Crippen molar-refractivity contribution in [2.75, 3.05) is 7.11 Å². The fraction of sp³-hybridized carbons (Fsp3) is 0.250. The summed E-state index contributed by atoms with van der Waals surface area (Å²) in [4.78, 5) is 26.4. The van der Waals surface area contributed by atoms with E-state index in [2.05, 4.69) is 16.0 Å². The van der Waals surface area contributed by atoms with Crippen LogP contribution in [0.25, 0.3) is 43.0 Å². The third-order valence-electron chi connectivity index (χ3n) is 6.44. The van der Waals surface area contributed by atoms with Crippen molar-refractivity contribution in [2.24, 2.45) is 0 Å². The van der Waals surface area contributed by atoms with E-state index in [1.165, 1.54) is 0 Å². The first-order chi connectivity index (χ1) is 19.0. The van der Waals surface area contributed by atoms with Gasteiger partial charge in [-0.15, -0.1) is 11.3 Å². The number of thiazole rings is 1. The van der Waals surface area contributed by atoms with Gasteiger partial charge < -0.3 is 9.47 Å². The van der Waals surface area contributed by atoms with Crippen LogP contribution < -0.4 is 4.74 Å². The van der Waals surface area contributed by atoms with Crippen molar-refractivity contribution >= 4 is 38.9 Å². The number of benzene rings is 3. The van der Waals surface area contributed by atoms with Crippen LogP contribution in [0.4, 0.5) is 0 Å². The third-order valence-corrected chi connectivity index (χ3v) is 7.83. The number of nitrogens with zero attached hydrogens (tertiary/aromatic N) is 3. The summed E-state index contributed by atoms with van der Waals surface area (Å²) in [6.07, 6.45) is 2.77. The molecule has 1 atom stereocenters. The molecule has 6 nitrogen and oxygen atoms in total. The van der Waals surface area contributed by atoms with Gasteiger partial charge in [-0.25, -0.2) is 15.0 Å². The normalized spacial score (nSPS) is 12.5. The molecule has 3 aromatic carbocycles. The van der Waals surface area contributed by atoms with E-state index in [-0.39, 0.29) is 5.78 Å². The Bertz CT molecular complexity index is 1670.